The minimum atomic E-state index is 0.0636. The number of nitrogens with zero attached hydrogens (tertiary/aromatic N) is 1. The summed E-state index contributed by atoms with van der Waals surface area (Å²) in [7, 11) is 0. The van der Waals surface area contributed by atoms with Crippen LogP contribution < -0.4 is 11.1 Å². The Kier molecular flexibility index (Phi) is 5.83. The first-order valence-electron chi connectivity index (χ1n) is 8.95. The third kappa shape index (κ3) is 4.34. The van der Waals surface area contributed by atoms with Crippen LogP contribution >= 0.6 is 0 Å². The van der Waals surface area contributed by atoms with Crippen molar-refractivity contribution in [2.24, 2.45) is 5.73 Å². The van der Waals surface area contributed by atoms with Gasteiger partial charge in [0, 0.05) is 32.1 Å². The van der Waals surface area contributed by atoms with Gasteiger partial charge in [0.25, 0.3) is 0 Å². The smallest absolute Gasteiger partial charge is 0.221 e. The van der Waals surface area contributed by atoms with E-state index >= 15 is 0 Å². The number of hydrogen-bond donors (Lipinski definition) is 2. The van der Waals surface area contributed by atoms with Crippen molar-refractivity contribution in [2.45, 2.75) is 38.3 Å². The van der Waals surface area contributed by atoms with Gasteiger partial charge < -0.3 is 11.1 Å². The summed E-state index contributed by atoms with van der Waals surface area (Å²) in [5, 5.41) is 5.61. The van der Waals surface area contributed by atoms with Crippen LogP contribution in [0.5, 0.6) is 0 Å². The van der Waals surface area contributed by atoms with Crippen LogP contribution in [0, 0.1) is 0 Å². The Hall–Kier alpha value is -1.91. The molecule has 24 heavy (non-hydrogen) atoms. The first-order chi connectivity index (χ1) is 11.8. The zero-order valence-electron chi connectivity index (χ0n) is 14.2. The first kappa shape index (κ1) is 16.9. The largest absolute Gasteiger partial charge is 0.354 e. The van der Waals surface area contributed by atoms with Gasteiger partial charge in [0.1, 0.15) is 0 Å². The molecule has 1 heterocycles. The second kappa shape index (κ2) is 8.27. The second-order valence-corrected chi connectivity index (χ2v) is 6.64. The van der Waals surface area contributed by atoms with Crippen LogP contribution in [0.1, 0.15) is 31.2 Å². The van der Waals surface area contributed by atoms with Crippen molar-refractivity contribution < 1.29 is 4.79 Å². The molecule has 128 valence electrons. The number of likely N-dealkylation sites (tertiary alicyclic amines) is 1. The topological polar surface area (TPSA) is 58.4 Å². The summed E-state index contributed by atoms with van der Waals surface area (Å²) < 4.78 is 0. The van der Waals surface area contributed by atoms with Crippen LogP contribution in [0.15, 0.2) is 42.5 Å². The highest BCUT2D eigenvalue weighted by Crippen LogP contribution is 2.22. The van der Waals surface area contributed by atoms with Crippen LogP contribution in [-0.4, -0.2) is 36.5 Å². The van der Waals surface area contributed by atoms with Gasteiger partial charge in [-0.05, 0) is 41.8 Å². The molecule has 2 aromatic rings. The second-order valence-electron chi connectivity index (χ2n) is 6.64. The van der Waals surface area contributed by atoms with E-state index in [1.807, 2.05) is 0 Å². The van der Waals surface area contributed by atoms with Gasteiger partial charge in [-0.25, -0.2) is 0 Å². The number of hydrogen-bond acceptors (Lipinski definition) is 3. The van der Waals surface area contributed by atoms with Gasteiger partial charge in [-0.1, -0.05) is 42.8 Å². The molecule has 1 aliphatic heterocycles. The number of piperidine rings is 1. The molecule has 1 fully saturated rings. The summed E-state index contributed by atoms with van der Waals surface area (Å²) >= 11 is 0. The monoisotopic (exact) mass is 325 g/mol. The fourth-order valence-corrected chi connectivity index (χ4v) is 3.52. The van der Waals surface area contributed by atoms with Gasteiger partial charge in [-0.3, -0.25) is 9.69 Å². The minimum absolute atomic E-state index is 0.0636. The molecular formula is C20H27N3O. The highest BCUT2D eigenvalue weighted by Gasteiger charge is 2.22. The Morgan fingerprint density at radius 1 is 1.17 bits per heavy atom. The van der Waals surface area contributed by atoms with Crippen molar-refractivity contribution in [1.82, 2.24) is 10.2 Å². The van der Waals surface area contributed by atoms with E-state index < -0.39 is 0 Å². The van der Waals surface area contributed by atoms with E-state index in [0.29, 0.717) is 19.0 Å². The molecule has 4 heteroatoms. The summed E-state index contributed by atoms with van der Waals surface area (Å²) in [6, 6.07) is 15.6. The number of rotatable bonds is 6. The normalized spacial score (nSPS) is 18.6. The molecule has 1 aliphatic rings. The molecule has 2 aromatic carbocycles. The molecule has 0 spiro atoms. The number of carbonyl (C=O) groups excluding carboxylic acids is 1. The lowest BCUT2D eigenvalue weighted by Crippen LogP contribution is -2.46. The maximum atomic E-state index is 11.7. The summed E-state index contributed by atoms with van der Waals surface area (Å²) in [6.45, 7) is 3.19. The SMILES string of the molecule is NCCC(=O)NCC1CCCCN1Cc1ccc2ccccc2c1. The van der Waals surface area contributed by atoms with E-state index in [-0.39, 0.29) is 5.91 Å². The molecule has 1 atom stereocenters. The van der Waals surface area contributed by atoms with Crippen LogP contribution in [0.3, 0.4) is 0 Å². The molecule has 0 bridgehead atoms. The Labute approximate surface area is 144 Å². The molecule has 4 nitrogen and oxygen atoms in total. The molecule has 0 saturated carbocycles. The van der Waals surface area contributed by atoms with Crippen molar-refractivity contribution in [3.05, 3.63) is 48.0 Å². The maximum Gasteiger partial charge on any atom is 0.221 e. The summed E-state index contributed by atoms with van der Waals surface area (Å²) in [4.78, 5) is 14.2. The van der Waals surface area contributed by atoms with Gasteiger partial charge in [-0.15, -0.1) is 0 Å². The summed E-state index contributed by atoms with van der Waals surface area (Å²) in [5.41, 5.74) is 6.78. The summed E-state index contributed by atoms with van der Waals surface area (Å²) in [6.07, 6.45) is 4.04. The van der Waals surface area contributed by atoms with E-state index in [0.717, 1.165) is 26.1 Å². The van der Waals surface area contributed by atoms with E-state index in [2.05, 4.69) is 52.7 Å². The number of nitrogens with two attached hydrogens (primary N) is 1. The number of amides is 1. The fourth-order valence-electron chi connectivity index (χ4n) is 3.52. The molecule has 3 N–H and O–H groups in total. The van der Waals surface area contributed by atoms with Gasteiger partial charge in [-0.2, -0.15) is 0 Å². The summed E-state index contributed by atoms with van der Waals surface area (Å²) in [5.74, 6) is 0.0636. The van der Waals surface area contributed by atoms with Crippen molar-refractivity contribution >= 4 is 16.7 Å². The Balaban J connectivity index is 1.64. The van der Waals surface area contributed by atoms with Crippen LogP contribution in [-0.2, 0) is 11.3 Å². The van der Waals surface area contributed by atoms with E-state index in [1.165, 1.54) is 29.2 Å². The molecule has 0 aromatic heterocycles. The zero-order chi connectivity index (χ0) is 16.8. The van der Waals surface area contributed by atoms with Crippen molar-refractivity contribution in [3.8, 4) is 0 Å². The fraction of sp³-hybridized carbons (Fsp3) is 0.450. The number of carbonyl (C=O) groups is 1. The Bertz CT molecular complexity index is 685. The third-order valence-corrected chi connectivity index (χ3v) is 4.85. The molecule has 1 saturated heterocycles. The van der Waals surface area contributed by atoms with E-state index in [9.17, 15) is 4.79 Å². The van der Waals surface area contributed by atoms with Gasteiger partial charge in [0.15, 0.2) is 0 Å². The highest BCUT2D eigenvalue weighted by atomic mass is 16.1. The predicted octanol–water partition coefficient (Wildman–Crippen LogP) is 2.66. The molecule has 3 rings (SSSR count). The van der Waals surface area contributed by atoms with E-state index in [1.54, 1.807) is 0 Å². The van der Waals surface area contributed by atoms with Crippen LogP contribution in [0.4, 0.5) is 0 Å². The predicted molar refractivity (Wildman–Crippen MR) is 98.7 cm³/mol. The van der Waals surface area contributed by atoms with Crippen molar-refractivity contribution in [1.29, 1.82) is 0 Å². The average molecular weight is 325 g/mol. The minimum Gasteiger partial charge on any atom is -0.354 e. The van der Waals surface area contributed by atoms with E-state index in [4.69, 9.17) is 5.73 Å². The third-order valence-electron chi connectivity index (χ3n) is 4.85. The molecule has 1 amide bonds. The standard InChI is InChI=1S/C20H27N3O/c21-11-10-20(24)22-14-19-7-3-4-12-23(19)15-16-8-9-17-5-1-2-6-18(17)13-16/h1-2,5-6,8-9,13,19H,3-4,7,10-12,14-15,21H2,(H,22,24). The Morgan fingerprint density at radius 2 is 2.00 bits per heavy atom. The molecule has 0 radical (unpaired) electrons. The first-order valence-corrected chi connectivity index (χ1v) is 8.95. The average Bonchev–Trinajstić information content (AvgIpc) is 2.61. The number of nitrogens with one attached hydrogen (secondary N) is 1. The van der Waals surface area contributed by atoms with Crippen LogP contribution in [0.25, 0.3) is 10.8 Å². The van der Waals surface area contributed by atoms with Crippen molar-refractivity contribution in [3.63, 3.8) is 0 Å². The molecule has 0 aliphatic carbocycles. The zero-order valence-corrected chi connectivity index (χ0v) is 14.2. The highest BCUT2D eigenvalue weighted by molar-refractivity contribution is 5.83. The van der Waals surface area contributed by atoms with Gasteiger partial charge in [0.2, 0.25) is 5.91 Å². The van der Waals surface area contributed by atoms with Gasteiger partial charge >= 0.3 is 0 Å². The molecular weight excluding hydrogens is 298 g/mol. The lowest BCUT2D eigenvalue weighted by Gasteiger charge is -2.36. The number of benzene rings is 2. The van der Waals surface area contributed by atoms with Crippen molar-refractivity contribution in [2.75, 3.05) is 19.6 Å². The quantitative estimate of drug-likeness (QED) is 0.858. The molecule has 1 unspecified atom stereocenters. The maximum absolute atomic E-state index is 11.7. The number of fused-ring (bicyclic) bond motifs is 1. The lowest BCUT2D eigenvalue weighted by molar-refractivity contribution is -0.121. The van der Waals surface area contributed by atoms with Crippen LogP contribution in [0.2, 0.25) is 0 Å². The Morgan fingerprint density at radius 3 is 2.83 bits per heavy atom. The van der Waals surface area contributed by atoms with Gasteiger partial charge in [0.05, 0.1) is 0 Å². The lowest BCUT2D eigenvalue weighted by atomic mass is 10.00.